The number of carbonyl (C=O) groups is 1. The molecule has 2 aromatic rings. The third kappa shape index (κ3) is 4.22. The van der Waals surface area contributed by atoms with Gasteiger partial charge in [-0.1, -0.05) is 31.2 Å². The summed E-state index contributed by atoms with van der Waals surface area (Å²) in [5.74, 6) is -0.570. The third-order valence-electron chi connectivity index (χ3n) is 3.58. The zero-order valence-electron chi connectivity index (χ0n) is 14.2. The Labute approximate surface area is 141 Å². The van der Waals surface area contributed by atoms with Crippen molar-refractivity contribution in [2.75, 3.05) is 6.61 Å². The lowest BCUT2D eigenvalue weighted by molar-refractivity contribution is 0.0941. The quantitative estimate of drug-likeness (QED) is 0.794. The fourth-order valence-electron chi connectivity index (χ4n) is 2.22. The Balaban J connectivity index is 2.04. The van der Waals surface area contributed by atoms with Crippen LogP contribution in [-0.4, -0.2) is 22.3 Å². The average Bonchev–Trinajstić information content (AvgIpc) is 2.96. The number of carbonyl (C=O) groups excluding carboxylic acids is 1. The van der Waals surface area contributed by atoms with Crippen LogP contribution in [0.1, 0.15) is 35.6 Å². The van der Waals surface area contributed by atoms with E-state index in [1.165, 1.54) is 4.68 Å². The van der Waals surface area contributed by atoms with Crippen molar-refractivity contribution in [3.05, 3.63) is 59.2 Å². The first-order valence-corrected chi connectivity index (χ1v) is 7.89. The maximum absolute atomic E-state index is 14.4. The van der Waals surface area contributed by atoms with E-state index in [4.69, 9.17) is 4.74 Å². The minimum absolute atomic E-state index is 0.0815. The monoisotopic (exact) mass is 331 g/mol. The van der Waals surface area contributed by atoms with Gasteiger partial charge in [0.1, 0.15) is 12.3 Å². The second-order valence-electron chi connectivity index (χ2n) is 5.29. The number of hydrogen-bond donors (Lipinski definition) is 1. The maximum Gasteiger partial charge on any atom is 0.269 e. The molecule has 1 aromatic carbocycles. The Bertz CT molecular complexity index is 738. The molecule has 24 heavy (non-hydrogen) atoms. The lowest BCUT2D eigenvalue weighted by Crippen LogP contribution is -2.25. The van der Waals surface area contributed by atoms with E-state index in [-0.39, 0.29) is 18.2 Å². The SMILES string of the molecule is CC=CCOc1cccc(CNC(=O)c2cc(CC)nn2C)c1F. The van der Waals surface area contributed by atoms with Crippen LogP contribution in [0.4, 0.5) is 4.39 Å². The molecule has 0 saturated carbocycles. The topological polar surface area (TPSA) is 56.1 Å². The summed E-state index contributed by atoms with van der Waals surface area (Å²) < 4.78 is 21.3. The van der Waals surface area contributed by atoms with Crippen molar-refractivity contribution in [2.45, 2.75) is 26.8 Å². The minimum Gasteiger partial charge on any atom is -0.486 e. The summed E-state index contributed by atoms with van der Waals surface area (Å²) in [7, 11) is 1.71. The van der Waals surface area contributed by atoms with Crippen LogP contribution >= 0.6 is 0 Å². The molecule has 0 aliphatic carbocycles. The highest BCUT2D eigenvalue weighted by Crippen LogP contribution is 2.20. The molecule has 0 fully saturated rings. The van der Waals surface area contributed by atoms with Gasteiger partial charge in [0.15, 0.2) is 11.6 Å². The minimum atomic E-state index is -0.457. The number of ether oxygens (including phenoxy) is 1. The van der Waals surface area contributed by atoms with Crippen molar-refractivity contribution < 1.29 is 13.9 Å². The summed E-state index contributed by atoms with van der Waals surface area (Å²) in [4.78, 5) is 12.2. The average molecular weight is 331 g/mol. The van der Waals surface area contributed by atoms with Crippen LogP contribution in [0.2, 0.25) is 0 Å². The lowest BCUT2D eigenvalue weighted by Gasteiger charge is -2.10. The number of hydrogen-bond acceptors (Lipinski definition) is 3. The van der Waals surface area contributed by atoms with Crippen LogP contribution in [-0.2, 0) is 20.0 Å². The number of amides is 1. The van der Waals surface area contributed by atoms with Crippen LogP contribution in [0.25, 0.3) is 0 Å². The van der Waals surface area contributed by atoms with Gasteiger partial charge in [-0.2, -0.15) is 5.10 Å². The van der Waals surface area contributed by atoms with E-state index in [1.54, 1.807) is 37.4 Å². The number of nitrogens with one attached hydrogen (secondary N) is 1. The van der Waals surface area contributed by atoms with Gasteiger partial charge in [0, 0.05) is 19.2 Å². The second kappa shape index (κ2) is 8.29. The van der Waals surface area contributed by atoms with Gasteiger partial charge in [0.2, 0.25) is 0 Å². The Hall–Kier alpha value is -2.63. The molecule has 5 nitrogen and oxygen atoms in total. The zero-order chi connectivity index (χ0) is 17.5. The molecule has 0 unspecified atom stereocenters. The Kier molecular flexibility index (Phi) is 6.12. The highest BCUT2D eigenvalue weighted by atomic mass is 19.1. The maximum atomic E-state index is 14.4. The van der Waals surface area contributed by atoms with Gasteiger partial charge >= 0.3 is 0 Å². The van der Waals surface area contributed by atoms with Crippen molar-refractivity contribution in [2.24, 2.45) is 7.05 Å². The van der Waals surface area contributed by atoms with E-state index in [0.717, 1.165) is 12.1 Å². The highest BCUT2D eigenvalue weighted by molar-refractivity contribution is 5.92. The van der Waals surface area contributed by atoms with Gasteiger partial charge in [-0.3, -0.25) is 9.48 Å². The molecule has 1 amide bonds. The molecule has 128 valence electrons. The second-order valence-corrected chi connectivity index (χ2v) is 5.29. The third-order valence-corrected chi connectivity index (χ3v) is 3.58. The molecule has 1 N–H and O–H groups in total. The Morgan fingerprint density at radius 1 is 1.46 bits per heavy atom. The Morgan fingerprint density at radius 3 is 2.92 bits per heavy atom. The fraction of sp³-hybridized carbons (Fsp3) is 0.333. The van der Waals surface area contributed by atoms with E-state index in [2.05, 4.69) is 10.4 Å². The van der Waals surface area contributed by atoms with Crippen molar-refractivity contribution in [3.63, 3.8) is 0 Å². The molecule has 0 atom stereocenters. The standard InChI is InChI=1S/C18H22FN3O2/c1-4-6-10-24-16-9-7-8-13(17(16)19)12-20-18(23)15-11-14(5-2)21-22(15)3/h4,6-9,11H,5,10,12H2,1-3H3,(H,20,23). The molecular weight excluding hydrogens is 309 g/mol. The summed E-state index contributed by atoms with van der Waals surface area (Å²) in [6.07, 6.45) is 4.38. The van der Waals surface area contributed by atoms with Crippen molar-refractivity contribution in [3.8, 4) is 5.75 Å². The van der Waals surface area contributed by atoms with Gasteiger partial charge in [-0.15, -0.1) is 0 Å². The van der Waals surface area contributed by atoms with E-state index in [9.17, 15) is 9.18 Å². The number of rotatable bonds is 7. The normalized spacial score (nSPS) is 11.0. The number of allylic oxidation sites excluding steroid dienone is 1. The van der Waals surface area contributed by atoms with Gasteiger partial charge in [0.05, 0.1) is 5.69 Å². The van der Waals surface area contributed by atoms with Crippen LogP contribution in [0, 0.1) is 5.82 Å². The van der Waals surface area contributed by atoms with E-state index < -0.39 is 5.82 Å². The number of aryl methyl sites for hydroxylation is 2. The molecule has 0 aliphatic rings. The van der Waals surface area contributed by atoms with Gasteiger partial charge in [-0.05, 0) is 25.5 Å². The van der Waals surface area contributed by atoms with Crippen molar-refractivity contribution in [1.29, 1.82) is 0 Å². The van der Waals surface area contributed by atoms with Gasteiger partial charge in [-0.25, -0.2) is 4.39 Å². The van der Waals surface area contributed by atoms with Crippen LogP contribution < -0.4 is 10.1 Å². The summed E-state index contributed by atoms with van der Waals surface area (Å²) in [6, 6.07) is 6.63. The van der Waals surface area contributed by atoms with Crippen molar-refractivity contribution >= 4 is 5.91 Å². The predicted molar refractivity (Wildman–Crippen MR) is 90.5 cm³/mol. The molecule has 0 aliphatic heterocycles. The first-order valence-electron chi connectivity index (χ1n) is 7.89. The molecule has 6 heteroatoms. The molecule has 0 bridgehead atoms. The van der Waals surface area contributed by atoms with Gasteiger partial charge < -0.3 is 10.1 Å². The first kappa shape index (κ1) is 17.7. The lowest BCUT2D eigenvalue weighted by atomic mass is 10.2. The van der Waals surface area contributed by atoms with E-state index in [1.807, 2.05) is 19.9 Å². The molecular formula is C18H22FN3O2. The molecule has 0 radical (unpaired) electrons. The summed E-state index contributed by atoms with van der Waals surface area (Å²) in [5, 5.41) is 6.95. The largest absolute Gasteiger partial charge is 0.486 e. The predicted octanol–water partition coefficient (Wildman–Crippen LogP) is 3.01. The fourth-order valence-corrected chi connectivity index (χ4v) is 2.22. The van der Waals surface area contributed by atoms with Crippen LogP contribution in [0.3, 0.4) is 0 Å². The molecule has 1 heterocycles. The van der Waals surface area contributed by atoms with Gasteiger partial charge in [0.25, 0.3) is 5.91 Å². The highest BCUT2D eigenvalue weighted by Gasteiger charge is 2.14. The zero-order valence-corrected chi connectivity index (χ0v) is 14.2. The van der Waals surface area contributed by atoms with E-state index in [0.29, 0.717) is 17.9 Å². The molecule has 0 saturated heterocycles. The number of benzene rings is 1. The number of nitrogens with zero attached hydrogens (tertiary/aromatic N) is 2. The summed E-state index contributed by atoms with van der Waals surface area (Å²) >= 11 is 0. The number of aromatic nitrogens is 2. The smallest absolute Gasteiger partial charge is 0.269 e. The molecule has 2 rings (SSSR count). The Morgan fingerprint density at radius 2 is 2.25 bits per heavy atom. The molecule has 0 spiro atoms. The summed E-state index contributed by atoms with van der Waals surface area (Å²) in [6.45, 7) is 4.23. The first-order chi connectivity index (χ1) is 11.6. The summed E-state index contributed by atoms with van der Waals surface area (Å²) in [5.41, 5.74) is 1.67. The molecule has 1 aromatic heterocycles. The van der Waals surface area contributed by atoms with Crippen LogP contribution in [0.15, 0.2) is 36.4 Å². The number of halogens is 1. The van der Waals surface area contributed by atoms with E-state index >= 15 is 0 Å². The van der Waals surface area contributed by atoms with Crippen molar-refractivity contribution in [1.82, 2.24) is 15.1 Å². The van der Waals surface area contributed by atoms with Crippen LogP contribution in [0.5, 0.6) is 5.75 Å².